The van der Waals surface area contributed by atoms with Crippen LogP contribution in [-0.2, 0) is 9.84 Å². The van der Waals surface area contributed by atoms with Crippen LogP contribution in [-0.4, -0.2) is 35.5 Å². The van der Waals surface area contributed by atoms with E-state index in [-0.39, 0.29) is 9.92 Å². The first-order valence-corrected chi connectivity index (χ1v) is 9.91. The molecule has 0 aliphatic rings. The van der Waals surface area contributed by atoms with Gasteiger partial charge in [-0.25, -0.2) is 13.1 Å². The Balaban J connectivity index is 1.78. The zero-order valence-corrected chi connectivity index (χ0v) is 15.7. The lowest BCUT2D eigenvalue weighted by molar-refractivity contribution is 0.416. The number of rotatable bonds is 5. The van der Waals surface area contributed by atoms with Gasteiger partial charge in [-0.3, -0.25) is 0 Å². The molecular formula is C20H16N4O3S. The van der Waals surface area contributed by atoms with Crippen LogP contribution in [0, 0.1) is 0 Å². The van der Waals surface area contributed by atoms with Gasteiger partial charge in [0.25, 0.3) is 0 Å². The van der Waals surface area contributed by atoms with E-state index in [2.05, 4.69) is 15.3 Å². The number of nitrogens with zero attached hydrogens (tertiary/aromatic N) is 4. The van der Waals surface area contributed by atoms with E-state index in [1.165, 1.54) is 25.3 Å². The van der Waals surface area contributed by atoms with Crippen molar-refractivity contribution in [3.8, 4) is 22.8 Å². The Morgan fingerprint density at radius 2 is 1.54 bits per heavy atom. The van der Waals surface area contributed by atoms with E-state index in [1.807, 2.05) is 30.3 Å². The number of aromatic nitrogens is 4. The second-order valence-corrected chi connectivity index (χ2v) is 7.78. The molecule has 0 spiro atoms. The van der Waals surface area contributed by atoms with Crippen LogP contribution in [0.2, 0.25) is 0 Å². The third kappa shape index (κ3) is 3.14. The maximum Gasteiger partial charge on any atom is 0.225 e. The molecule has 0 amide bonds. The summed E-state index contributed by atoms with van der Waals surface area (Å²) < 4.78 is 32.5. The second-order valence-electron chi connectivity index (χ2n) is 5.88. The van der Waals surface area contributed by atoms with Gasteiger partial charge in [0, 0.05) is 0 Å². The molecule has 0 unspecified atom stereocenters. The van der Waals surface area contributed by atoms with Crippen molar-refractivity contribution in [3.05, 3.63) is 79.0 Å². The van der Waals surface area contributed by atoms with Crippen LogP contribution >= 0.6 is 0 Å². The van der Waals surface area contributed by atoms with Crippen LogP contribution in [0.3, 0.4) is 0 Å². The van der Waals surface area contributed by atoms with Gasteiger partial charge in [-0.05, 0) is 36.4 Å². The zero-order valence-electron chi connectivity index (χ0n) is 14.9. The molecule has 2 aromatic carbocycles. The van der Waals surface area contributed by atoms with Crippen LogP contribution < -0.4 is 4.74 Å². The summed E-state index contributed by atoms with van der Waals surface area (Å²) in [4.78, 5) is 0.170. The average molecular weight is 392 g/mol. The van der Waals surface area contributed by atoms with Crippen molar-refractivity contribution in [2.75, 3.05) is 7.11 Å². The summed E-state index contributed by atoms with van der Waals surface area (Å²) in [7, 11) is -2.19. The van der Waals surface area contributed by atoms with Gasteiger partial charge in [0.15, 0.2) is 10.8 Å². The Morgan fingerprint density at radius 1 is 0.857 bits per heavy atom. The number of ether oxygens (including phenoxy) is 1. The Morgan fingerprint density at radius 3 is 2.14 bits per heavy atom. The molecule has 7 nitrogen and oxygen atoms in total. The Labute approximate surface area is 162 Å². The van der Waals surface area contributed by atoms with Gasteiger partial charge in [0.05, 0.1) is 23.9 Å². The number of hydrogen-bond donors (Lipinski definition) is 0. The van der Waals surface area contributed by atoms with Crippen LogP contribution in [0.5, 0.6) is 5.75 Å². The third-order valence-electron chi connectivity index (χ3n) is 4.17. The fourth-order valence-electron chi connectivity index (χ4n) is 2.79. The molecule has 140 valence electrons. The van der Waals surface area contributed by atoms with Crippen molar-refractivity contribution in [2.45, 2.75) is 9.92 Å². The summed E-state index contributed by atoms with van der Waals surface area (Å²) in [6, 6.07) is 20.7. The van der Waals surface area contributed by atoms with Crippen molar-refractivity contribution in [3.63, 3.8) is 0 Å². The van der Waals surface area contributed by atoms with E-state index in [0.717, 1.165) is 5.69 Å². The standard InChI is InChI=1S/C20H16N4O3S/c1-27-18-14-21-24(15-8-4-2-5-9-15)20(18)17-12-13-19(23-22-17)28(25,26)16-10-6-3-7-11-16/h2-14H,1H3. The second kappa shape index (κ2) is 7.24. The first-order chi connectivity index (χ1) is 13.6. The topological polar surface area (TPSA) is 87.0 Å². The summed E-state index contributed by atoms with van der Waals surface area (Å²) in [5.74, 6) is 0.511. The van der Waals surface area contributed by atoms with Gasteiger partial charge in [-0.15, -0.1) is 10.2 Å². The van der Waals surface area contributed by atoms with Gasteiger partial charge in [-0.1, -0.05) is 36.4 Å². The molecule has 0 radical (unpaired) electrons. The van der Waals surface area contributed by atoms with Gasteiger partial charge < -0.3 is 4.74 Å². The van der Waals surface area contributed by atoms with Crippen LogP contribution in [0.1, 0.15) is 0 Å². The van der Waals surface area contributed by atoms with Crippen LogP contribution in [0.25, 0.3) is 17.1 Å². The van der Waals surface area contributed by atoms with E-state index >= 15 is 0 Å². The number of sulfone groups is 1. The highest BCUT2D eigenvalue weighted by molar-refractivity contribution is 7.91. The predicted molar refractivity (Wildman–Crippen MR) is 103 cm³/mol. The number of methoxy groups -OCH3 is 1. The summed E-state index contributed by atoms with van der Waals surface area (Å²) in [6.07, 6.45) is 1.58. The fourth-order valence-corrected chi connectivity index (χ4v) is 3.94. The molecule has 8 heteroatoms. The van der Waals surface area contributed by atoms with Gasteiger partial charge in [0.1, 0.15) is 11.4 Å². The largest absolute Gasteiger partial charge is 0.493 e. The molecule has 0 atom stereocenters. The zero-order chi connectivity index (χ0) is 19.6. The molecule has 0 fully saturated rings. The third-order valence-corrected chi connectivity index (χ3v) is 5.83. The maximum atomic E-state index is 12.7. The van der Waals surface area contributed by atoms with Crippen molar-refractivity contribution in [1.82, 2.24) is 20.0 Å². The number of benzene rings is 2. The highest BCUT2D eigenvalue weighted by Gasteiger charge is 2.22. The monoisotopic (exact) mass is 392 g/mol. The van der Waals surface area contributed by atoms with Crippen molar-refractivity contribution in [2.24, 2.45) is 0 Å². The van der Waals surface area contributed by atoms with Crippen molar-refractivity contribution >= 4 is 9.84 Å². The molecule has 0 saturated heterocycles. The van der Waals surface area contributed by atoms with E-state index in [4.69, 9.17) is 4.74 Å². The van der Waals surface area contributed by atoms with Gasteiger partial charge in [0.2, 0.25) is 9.84 Å². The van der Waals surface area contributed by atoms with Crippen molar-refractivity contribution in [1.29, 1.82) is 0 Å². The summed E-state index contributed by atoms with van der Waals surface area (Å²) >= 11 is 0. The first-order valence-electron chi connectivity index (χ1n) is 8.43. The molecule has 2 heterocycles. The van der Waals surface area contributed by atoms with E-state index in [1.54, 1.807) is 35.1 Å². The Hall–Kier alpha value is -3.52. The molecule has 0 bridgehead atoms. The van der Waals surface area contributed by atoms with Crippen LogP contribution in [0.4, 0.5) is 0 Å². The molecule has 0 aliphatic carbocycles. The molecule has 0 aliphatic heterocycles. The highest BCUT2D eigenvalue weighted by atomic mass is 32.2. The maximum absolute atomic E-state index is 12.7. The van der Waals surface area contributed by atoms with Crippen molar-refractivity contribution < 1.29 is 13.2 Å². The predicted octanol–water partition coefficient (Wildman–Crippen LogP) is 3.17. The average Bonchev–Trinajstić information content (AvgIpc) is 3.19. The van der Waals surface area contributed by atoms with E-state index in [0.29, 0.717) is 17.1 Å². The minimum absolute atomic E-state index is 0.118. The Bertz CT molecular complexity index is 1190. The van der Waals surface area contributed by atoms with E-state index < -0.39 is 9.84 Å². The molecule has 0 N–H and O–H groups in total. The molecule has 2 aromatic heterocycles. The summed E-state index contributed by atoms with van der Waals surface area (Å²) in [6.45, 7) is 0. The smallest absolute Gasteiger partial charge is 0.225 e. The van der Waals surface area contributed by atoms with Gasteiger partial charge in [-0.2, -0.15) is 5.10 Å². The molecule has 4 rings (SSSR count). The molecule has 28 heavy (non-hydrogen) atoms. The lowest BCUT2D eigenvalue weighted by Gasteiger charge is -2.09. The minimum Gasteiger partial charge on any atom is -0.493 e. The fraction of sp³-hybridized carbons (Fsp3) is 0.0500. The molecule has 4 aromatic rings. The molecule has 0 saturated carbocycles. The lowest BCUT2D eigenvalue weighted by Crippen LogP contribution is -2.07. The first kappa shape index (κ1) is 17.9. The normalized spacial score (nSPS) is 11.3. The summed E-state index contributed by atoms with van der Waals surface area (Å²) in [5.41, 5.74) is 1.86. The number of hydrogen-bond acceptors (Lipinski definition) is 6. The SMILES string of the molecule is COc1cnn(-c2ccccc2)c1-c1ccc(S(=O)(=O)c2ccccc2)nn1. The number of para-hydroxylation sites is 1. The van der Waals surface area contributed by atoms with E-state index in [9.17, 15) is 8.42 Å². The molecular weight excluding hydrogens is 376 g/mol. The quantitative estimate of drug-likeness (QED) is 0.518. The lowest BCUT2D eigenvalue weighted by atomic mass is 10.2. The van der Waals surface area contributed by atoms with Gasteiger partial charge >= 0.3 is 0 Å². The van der Waals surface area contributed by atoms with Crippen LogP contribution in [0.15, 0.2) is 88.9 Å². The highest BCUT2D eigenvalue weighted by Crippen LogP contribution is 2.31. The Kier molecular flexibility index (Phi) is 4.62. The minimum atomic E-state index is -3.73. The summed E-state index contributed by atoms with van der Waals surface area (Å²) in [5, 5.41) is 12.3.